The van der Waals surface area contributed by atoms with Gasteiger partial charge in [-0.25, -0.2) is 0 Å². The fourth-order valence-corrected chi connectivity index (χ4v) is 1.42. The van der Waals surface area contributed by atoms with Gasteiger partial charge in [0.15, 0.2) is 0 Å². The van der Waals surface area contributed by atoms with Crippen molar-refractivity contribution in [3.63, 3.8) is 0 Å². The normalized spacial score (nSPS) is 12.5. The van der Waals surface area contributed by atoms with Crippen molar-refractivity contribution in [3.8, 4) is 0 Å². The van der Waals surface area contributed by atoms with E-state index in [4.69, 9.17) is 0 Å². The van der Waals surface area contributed by atoms with E-state index in [2.05, 4.69) is 50.1 Å². The minimum Gasteiger partial charge on any atom is -0.311 e. The second-order valence-corrected chi connectivity index (χ2v) is 4.70. The first-order valence-electron chi connectivity index (χ1n) is 5.93. The lowest BCUT2D eigenvalue weighted by molar-refractivity contribution is 0.593. The first-order valence-corrected chi connectivity index (χ1v) is 5.93. The molecule has 0 amide bonds. The summed E-state index contributed by atoms with van der Waals surface area (Å²) in [4.78, 5) is 4.13. The van der Waals surface area contributed by atoms with Gasteiger partial charge >= 0.3 is 0 Å². The van der Waals surface area contributed by atoms with Crippen LogP contribution in [0.1, 0.15) is 33.3 Å². The van der Waals surface area contributed by atoms with Gasteiger partial charge in [-0.15, -0.1) is 0 Å². The fraction of sp³-hybridized carbons (Fsp3) is 0.500. The molecule has 0 aliphatic rings. The van der Waals surface area contributed by atoms with Gasteiger partial charge < -0.3 is 5.32 Å². The van der Waals surface area contributed by atoms with Gasteiger partial charge in [-0.2, -0.15) is 0 Å². The van der Waals surface area contributed by atoms with Crippen molar-refractivity contribution < 1.29 is 0 Å². The number of hydrogen-bond donors (Lipinski definition) is 1. The molecule has 1 heterocycles. The summed E-state index contributed by atoms with van der Waals surface area (Å²) in [5.74, 6) is 0.562. The summed E-state index contributed by atoms with van der Waals surface area (Å²) in [6.45, 7) is 9.74. The third-order valence-electron chi connectivity index (χ3n) is 2.49. The molecule has 0 aliphatic carbocycles. The van der Waals surface area contributed by atoms with Crippen molar-refractivity contribution in [3.05, 3.63) is 35.7 Å². The second kappa shape index (κ2) is 6.44. The summed E-state index contributed by atoms with van der Waals surface area (Å²) in [6, 6.07) is 4.58. The van der Waals surface area contributed by atoms with E-state index in [0.29, 0.717) is 12.0 Å². The Kier molecular flexibility index (Phi) is 5.20. The maximum atomic E-state index is 4.13. The Balaban J connectivity index is 2.73. The number of nitrogens with one attached hydrogen (secondary N) is 1. The lowest BCUT2D eigenvalue weighted by Crippen LogP contribution is -2.26. The van der Waals surface area contributed by atoms with Crippen LogP contribution >= 0.6 is 0 Å². The van der Waals surface area contributed by atoms with Gasteiger partial charge in [-0.05, 0) is 17.5 Å². The van der Waals surface area contributed by atoms with E-state index in [1.54, 1.807) is 6.20 Å². The van der Waals surface area contributed by atoms with Crippen LogP contribution in [0.5, 0.6) is 0 Å². The predicted molar refractivity (Wildman–Crippen MR) is 70.2 cm³/mol. The highest BCUT2D eigenvalue weighted by Gasteiger charge is 2.04. The van der Waals surface area contributed by atoms with E-state index in [-0.39, 0.29) is 0 Å². The Labute approximate surface area is 98.8 Å². The van der Waals surface area contributed by atoms with E-state index in [1.165, 1.54) is 11.1 Å². The predicted octanol–water partition coefficient (Wildman–Crippen LogP) is 3.12. The minimum absolute atomic E-state index is 0.524. The molecule has 0 radical (unpaired) electrons. The molecule has 1 rings (SSSR count). The first kappa shape index (κ1) is 12.9. The van der Waals surface area contributed by atoms with Crippen LogP contribution in [0.15, 0.2) is 30.1 Å². The molecule has 0 bridgehead atoms. The second-order valence-electron chi connectivity index (χ2n) is 4.70. The van der Waals surface area contributed by atoms with Crippen molar-refractivity contribution in [2.75, 3.05) is 6.54 Å². The van der Waals surface area contributed by atoms with Gasteiger partial charge in [-0.3, -0.25) is 4.98 Å². The van der Waals surface area contributed by atoms with Gasteiger partial charge in [0.25, 0.3) is 0 Å². The Morgan fingerprint density at radius 1 is 1.38 bits per heavy atom. The molecule has 2 heteroatoms. The van der Waals surface area contributed by atoms with Crippen LogP contribution in [0.3, 0.4) is 0 Å². The van der Waals surface area contributed by atoms with Gasteiger partial charge in [0.05, 0.1) is 0 Å². The molecule has 0 saturated heterocycles. The quantitative estimate of drug-likeness (QED) is 0.821. The smallest absolute Gasteiger partial charge is 0.0340 e. The average molecular weight is 218 g/mol. The van der Waals surface area contributed by atoms with Crippen LogP contribution in [0.2, 0.25) is 0 Å². The molecular weight excluding hydrogens is 196 g/mol. The third-order valence-corrected chi connectivity index (χ3v) is 2.49. The van der Waals surface area contributed by atoms with Crippen LogP contribution in [0.25, 0.3) is 6.08 Å². The summed E-state index contributed by atoms with van der Waals surface area (Å²) < 4.78 is 0. The lowest BCUT2D eigenvalue weighted by Gasteiger charge is -2.15. The van der Waals surface area contributed by atoms with E-state index in [1.807, 2.05) is 12.3 Å². The molecule has 0 unspecified atom stereocenters. The number of rotatable bonds is 5. The fourth-order valence-electron chi connectivity index (χ4n) is 1.42. The highest BCUT2D eigenvalue weighted by molar-refractivity contribution is 5.52. The Bertz CT molecular complexity index is 326. The van der Waals surface area contributed by atoms with Gasteiger partial charge in [-0.1, -0.05) is 45.4 Å². The highest BCUT2D eigenvalue weighted by atomic mass is 14.9. The Morgan fingerprint density at radius 2 is 2.12 bits per heavy atom. The molecule has 0 aromatic carbocycles. The van der Waals surface area contributed by atoms with Gasteiger partial charge in [0.2, 0.25) is 0 Å². The number of nitrogens with zero attached hydrogens (tertiary/aromatic N) is 1. The van der Waals surface area contributed by atoms with Crippen LogP contribution < -0.4 is 5.32 Å². The largest absolute Gasteiger partial charge is 0.311 e. The highest BCUT2D eigenvalue weighted by Crippen LogP contribution is 2.13. The van der Waals surface area contributed by atoms with Crippen molar-refractivity contribution in [1.29, 1.82) is 0 Å². The number of pyridine rings is 1. The maximum absolute atomic E-state index is 4.13. The zero-order chi connectivity index (χ0) is 12.0. The summed E-state index contributed by atoms with van der Waals surface area (Å²) in [5.41, 5.74) is 2.60. The summed E-state index contributed by atoms with van der Waals surface area (Å²) in [6.07, 6.45) is 5.93. The van der Waals surface area contributed by atoms with Crippen molar-refractivity contribution in [2.24, 2.45) is 5.92 Å². The van der Waals surface area contributed by atoms with Crippen LogP contribution in [-0.4, -0.2) is 17.6 Å². The molecule has 88 valence electrons. The van der Waals surface area contributed by atoms with Crippen molar-refractivity contribution in [2.45, 2.75) is 33.7 Å². The van der Waals surface area contributed by atoms with Gasteiger partial charge in [0.1, 0.15) is 0 Å². The number of aromatic nitrogens is 1. The minimum atomic E-state index is 0.524. The number of hydrogen-bond acceptors (Lipinski definition) is 2. The monoisotopic (exact) mass is 218 g/mol. The van der Waals surface area contributed by atoms with E-state index >= 15 is 0 Å². The van der Waals surface area contributed by atoms with E-state index < -0.39 is 0 Å². The SMILES string of the molecule is CC(C)NCC(=Cc1cccnc1)C(C)C. The molecule has 0 fully saturated rings. The molecule has 16 heavy (non-hydrogen) atoms. The van der Waals surface area contributed by atoms with Crippen LogP contribution in [0, 0.1) is 5.92 Å². The third kappa shape index (κ3) is 4.58. The standard InChI is InChI=1S/C14H22N2/c1-11(2)14(10-16-12(3)4)8-13-6-5-7-15-9-13/h5-9,11-12,16H,10H2,1-4H3. The summed E-state index contributed by atoms with van der Waals surface area (Å²) in [7, 11) is 0. The average Bonchev–Trinajstić information content (AvgIpc) is 2.25. The first-order chi connectivity index (χ1) is 7.59. The Morgan fingerprint density at radius 3 is 2.62 bits per heavy atom. The topological polar surface area (TPSA) is 24.9 Å². The molecule has 1 aromatic rings. The maximum Gasteiger partial charge on any atom is 0.0340 e. The molecule has 0 spiro atoms. The zero-order valence-electron chi connectivity index (χ0n) is 10.7. The van der Waals surface area contributed by atoms with E-state index in [9.17, 15) is 0 Å². The van der Waals surface area contributed by atoms with Crippen molar-refractivity contribution >= 4 is 6.08 Å². The molecular formula is C14H22N2. The molecule has 0 aliphatic heterocycles. The summed E-state index contributed by atoms with van der Waals surface area (Å²) in [5, 5.41) is 3.46. The van der Waals surface area contributed by atoms with Crippen LogP contribution in [-0.2, 0) is 0 Å². The molecule has 0 saturated carbocycles. The van der Waals surface area contributed by atoms with Crippen LogP contribution in [0.4, 0.5) is 0 Å². The molecule has 1 N–H and O–H groups in total. The van der Waals surface area contributed by atoms with Crippen molar-refractivity contribution in [1.82, 2.24) is 10.3 Å². The molecule has 1 aromatic heterocycles. The van der Waals surface area contributed by atoms with Gasteiger partial charge in [0, 0.05) is 25.0 Å². The van der Waals surface area contributed by atoms with E-state index in [0.717, 1.165) is 6.54 Å². The molecule has 2 nitrogen and oxygen atoms in total. The Hall–Kier alpha value is -1.15. The molecule has 0 atom stereocenters. The lowest BCUT2D eigenvalue weighted by atomic mass is 10.0. The zero-order valence-corrected chi connectivity index (χ0v) is 10.7. The summed E-state index contributed by atoms with van der Waals surface area (Å²) >= 11 is 0.